The molecule has 5 saturated heterocycles. The number of aromatic nitrogens is 2. The molecule has 408 valence electrons. The summed E-state index contributed by atoms with van der Waals surface area (Å²) < 4.78 is 0. The van der Waals surface area contributed by atoms with Crippen molar-refractivity contribution in [3.8, 4) is 20.9 Å². The molecule has 5 fully saturated rings. The molecule has 5 aliphatic rings. The number of hydrogen-bond donors (Lipinski definition) is 4. The number of benzene rings is 2. The maximum atomic E-state index is 13.2. The predicted octanol–water partition coefficient (Wildman–Crippen LogP) is 7.31. The number of anilines is 1. The van der Waals surface area contributed by atoms with Crippen LogP contribution in [0.2, 0.25) is 0 Å². The van der Waals surface area contributed by atoms with Crippen molar-refractivity contribution in [2.75, 3.05) is 83.9 Å². The van der Waals surface area contributed by atoms with Crippen LogP contribution < -0.4 is 21.3 Å². The Morgan fingerprint density at radius 1 is 0.590 bits per heavy atom. The highest BCUT2D eigenvalue weighted by Gasteiger charge is 2.37. The lowest BCUT2D eigenvalue weighted by molar-refractivity contribution is -0.122. The Morgan fingerprint density at radius 3 is 1.73 bits per heavy atom. The monoisotopic (exact) mass is 1130 g/mol. The number of thiazole rings is 2. The van der Waals surface area contributed by atoms with Crippen LogP contribution in [-0.2, 0) is 38.6 Å². The molecule has 20 heteroatoms. The second kappa shape index (κ2) is 25.1. The molecule has 5 aliphatic heterocycles. The molecular formula is C58H66N10O6S4. The van der Waals surface area contributed by atoms with Gasteiger partial charge in [0.25, 0.3) is 11.8 Å². The molecule has 11 rings (SSSR count). The fourth-order valence-electron chi connectivity index (χ4n) is 10.7. The number of rotatable bonds is 22. The van der Waals surface area contributed by atoms with E-state index in [1.165, 1.54) is 22.7 Å². The molecule has 78 heavy (non-hydrogen) atoms. The third-order valence-electron chi connectivity index (χ3n) is 15.7. The Hall–Kier alpha value is -5.84. The van der Waals surface area contributed by atoms with Crippen molar-refractivity contribution < 1.29 is 28.8 Å². The number of amides is 4. The van der Waals surface area contributed by atoms with Crippen LogP contribution in [0.5, 0.6) is 0 Å². The molecule has 6 aromatic rings. The van der Waals surface area contributed by atoms with Crippen molar-refractivity contribution in [1.29, 1.82) is 0 Å². The highest BCUT2D eigenvalue weighted by molar-refractivity contribution is 7.18. The molecule has 0 aliphatic carbocycles. The Bertz CT molecular complexity index is 2880. The van der Waals surface area contributed by atoms with E-state index in [-0.39, 0.29) is 59.1 Å². The zero-order valence-electron chi connectivity index (χ0n) is 43.7. The summed E-state index contributed by atoms with van der Waals surface area (Å²) in [7, 11) is 0. The average molecular weight is 1130 g/mol. The summed E-state index contributed by atoms with van der Waals surface area (Å²) in [5.74, 6) is 0.885. The third-order valence-corrected chi connectivity index (χ3v) is 20.2. The fraction of sp³-hybridized carbons (Fsp3) is 0.448. The average Bonchev–Trinajstić information content (AvgIpc) is 4.31. The number of ketones is 2. The number of nitrogens with zero attached hydrogens (tertiary/aromatic N) is 6. The van der Waals surface area contributed by atoms with Crippen LogP contribution in [0.25, 0.3) is 20.9 Å². The summed E-state index contributed by atoms with van der Waals surface area (Å²) in [4.78, 5) is 99.4. The molecular weight excluding hydrogens is 1060 g/mol. The van der Waals surface area contributed by atoms with Gasteiger partial charge in [-0.25, -0.2) is 9.97 Å². The van der Waals surface area contributed by atoms with Crippen molar-refractivity contribution >= 4 is 85.5 Å². The molecule has 0 saturated carbocycles. The van der Waals surface area contributed by atoms with Crippen LogP contribution in [0.1, 0.15) is 102 Å². The Balaban J connectivity index is 0.528. The van der Waals surface area contributed by atoms with E-state index in [0.717, 1.165) is 118 Å². The number of hydrogen-bond acceptors (Lipinski definition) is 16. The van der Waals surface area contributed by atoms with Crippen molar-refractivity contribution in [2.45, 2.75) is 88.3 Å². The van der Waals surface area contributed by atoms with E-state index < -0.39 is 0 Å². The molecule has 0 bridgehead atoms. The quantitative estimate of drug-likeness (QED) is 0.0532. The summed E-state index contributed by atoms with van der Waals surface area (Å²) in [5.41, 5.74) is 4.33. The van der Waals surface area contributed by atoms with Crippen molar-refractivity contribution in [3.63, 3.8) is 0 Å². The first kappa shape index (κ1) is 54.1. The molecule has 2 atom stereocenters. The van der Waals surface area contributed by atoms with E-state index in [4.69, 9.17) is 9.97 Å². The van der Waals surface area contributed by atoms with Gasteiger partial charge in [-0.1, -0.05) is 48.5 Å². The maximum Gasteiger partial charge on any atom is 0.264 e. The van der Waals surface area contributed by atoms with Gasteiger partial charge in [-0.2, -0.15) is 0 Å². The zero-order chi connectivity index (χ0) is 53.5. The first-order valence-corrected chi connectivity index (χ1v) is 30.7. The number of carbonyl (C=O) groups is 6. The molecule has 9 heterocycles. The van der Waals surface area contributed by atoms with E-state index in [1.54, 1.807) is 34.8 Å². The Labute approximate surface area is 471 Å². The van der Waals surface area contributed by atoms with Gasteiger partial charge in [-0.3, -0.25) is 28.8 Å². The minimum absolute atomic E-state index is 0.0183. The minimum atomic E-state index is -0.165. The standard InChI is InChI=1S/C58H66N10O6S4/c69-43(14-9-37-5-10-39(11-6-37)50-31-62-55(77-50)41-33-67(34-41)57(73)48-16-15-44(75-48)29-47(70)45-3-1-21-59-45)19-23-65-25-27-66(28-26-65)24-20-52(71)61-30-38-7-12-40(13-8-38)51-32-63-56(78-51)42-35-68(36-42)58(74)49-17-18-53(76-49)64-54(72)46-4-2-22-60-46/h5-8,10-13,15-18,31-32,41-42,45-46,59-60H,1-4,9,14,19-30,33-36H2,(H,61,71)(H,64,72)/t45-,46-/m0/s1. The third kappa shape index (κ3) is 13.4. The number of carbonyl (C=O) groups excluding carboxylic acids is 6. The molecule has 4 aromatic heterocycles. The number of Topliss-reactive ketones (excluding diaryl/α,β-unsaturated/α-hetero) is 2. The topological polar surface area (TPSA) is 189 Å². The first-order chi connectivity index (χ1) is 38.0. The van der Waals surface area contributed by atoms with Gasteiger partial charge in [0, 0.05) is 127 Å². The van der Waals surface area contributed by atoms with Crippen molar-refractivity contribution in [2.24, 2.45) is 0 Å². The summed E-state index contributed by atoms with van der Waals surface area (Å²) in [5, 5.41) is 15.2. The van der Waals surface area contributed by atoms with Crippen molar-refractivity contribution in [3.05, 3.63) is 121 Å². The number of likely N-dealkylation sites (tertiary alicyclic amines) is 2. The highest BCUT2D eigenvalue weighted by Crippen LogP contribution is 2.38. The van der Waals surface area contributed by atoms with Gasteiger partial charge in [0.2, 0.25) is 11.8 Å². The van der Waals surface area contributed by atoms with Gasteiger partial charge in [-0.05, 0) is 91.7 Å². The van der Waals surface area contributed by atoms with Crippen LogP contribution in [0, 0.1) is 0 Å². The summed E-state index contributed by atoms with van der Waals surface area (Å²) in [6.45, 7) is 9.72. The predicted molar refractivity (Wildman–Crippen MR) is 308 cm³/mol. The maximum absolute atomic E-state index is 13.2. The normalized spacial score (nSPS) is 19.2. The molecule has 0 radical (unpaired) electrons. The summed E-state index contributed by atoms with van der Waals surface area (Å²) in [6.07, 6.45) is 10.2. The van der Waals surface area contributed by atoms with Gasteiger partial charge < -0.3 is 40.9 Å². The molecule has 4 amide bonds. The van der Waals surface area contributed by atoms with E-state index in [2.05, 4.69) is 67.5 Å². The number of thiophene rings is 2. The number of nitrogens with one attached hydrogen (secondary N) is 4. The number of piperazine rings is 1. The van der Waals surface area contributed by atoms with E-state index in [1.807, 2.05) is 46.5 Å². The van der Waals surface area contributed by atoms with Crippen LogP contribution >= 0.6 is 45.3 Å². The van der Waals surface area contributed by atoms with Gasteiger partial charge >= 0.3 is 0 Å². The highest BCUT2D eigenvalue weighted by atomic mass is 32.1. The second-order valence-corrected chi connectivity index (χ2v) is 25.6. The van der Waals surface area contributed by atoms with Gasteiger partial charge in [-0.15, -0.1) is 45.3 Å². The lowest BCUT2D eigenvalue weighted by Gasteiger charge is -2.37. The van der Waals surface area contributed by atoms with Gasteiger partial charge in [0.15, 0.2) is 5.78 Å². The van der Waals surface area contributed by atoms with E-state index >= 15 is 0 Å². The van der Waals surface area contributed by atoms with Crippen molar-refractivity contribution in [1.82, 2.24) is 45.5 Å². The molecule has 16 nitrogen and oxygen atoms in total. The van der Waals surface area contributed by atoms with Crippen LogP contribution in [0.15, 0.2) is 85.2 Å². The number of aryl methyl sites for hydroxylation is 1. The zero-order valence-corrected chi connectivity index (χ0v) is 47.0. The van der Waals surface area contributed by atoms with Gasteiger partial charge in [0.05, 0.1) is 46.6 Å². The molecule has 2 aromatic carbocycles. The van der Waals surface area contributed by atoms with E-state index in [9.17, 15) is 28.8 Å². The summed E-state index contributed by atoms with van der Waals surface area (Å²) >= 11 is 6.07. The van der Waals surface area contributed by atoms with Gasteiger partial charge in [0.1, 0.15) is 5.78 Å². The van der Waals surface area contributed by atoms with Crippen LogP contribution in [0.4, 0.5) is 5.00 Å². The van der Waals surface area contributed by atoms with E-state index in [0.29, 0.717) is 86.1 Å². The SMILES string of the molecule is O=C(CCc1ccc(-c2cnc(C3CN(C(=O)c4ccc(CC(=O)[C@@H]5CCCN5)s4)C3)s2)cc1)CCN1CCN(CCC(=O)NCc2ccc(-c3cnc(C4CN(C(=O)c5ccc(NC(=O)[C@@H]6CCCN6)s5)C4)s3)cc2)CC1. The fourth-order valence-corrected chi connectivity index (χ4v) is 14.6. The minimum Gasteiger partial charge on any atom is -0.352 e. The lowest BCUT2D eigenvalue weighted by atomic mass is 10.0. The Morgan fingerprint density at radius 2 is 1.14 bits per heavy atom. The van der Waals surface area contributed by atoms with Crippen LogP contribution in [-0.4, -0.2) is 155 Å². The summed E-state index contributed by atoms with van der Waals surface area (Å²) in [6, 6.07) is 23.8. The Kier molecular flexibility index (Phi) is 17.4. The molecule has 0 unspecified atom stereocenters. The first-order valence-electron chi connectivity index (χ1n) is 27.4. The molecule has 4 N–H and O–H groups in total. The molecule has 0 spiro atoms. The van der Waals surface area contributed by atoms with Crippen LogP contribution in [0.3, 0.4) is 0 Å². The second-order valence-electron chi connectivity index (χ2n) is 21.2. The largest absolute Gasteiger partial charge is 0.352 e. The lowest BCUT2D eigenvalue weighted by Crippen LogP contribution is -2.48. The smallest absolute Gasteiger partial charge is 0.264 e.